The summed E-state index contributed by atoms with van der Waals surface area (Å²) >= 11 is 0. The highest BCUT2D eigenvalue weighted by Gasteiger charge is 2.41. The van der Waals surface area contributed by atoms with Crippen LogP contribution < -0.4 is 15.4 Å². The maximum Gasteiger partial charge on any atom is 0.409 e. The van der Waals surface area contributed by atoms with Gasteiger partial charge in [-0.15, -0.1) is 0 Å². The van der Waals surface area contributed by atoms with Gasteiger partial charge in [-0.1, -0.05) is 19.4 Å². The average Bonchev–Trinajstić information content (AvgIpc) is 3.81. The number of unbranched alkanes of at least 4 members (excludes halogenated alkanes) is 1. The van der Waals surface area contributed by atoms with Crippen molar-refractivity contribution in [2.75, 3.05) is 45.9 Å². The number of nitrogens with one attached hydrogen (secondary N) is 2. The van der Waals surface area contributed by atoms with Crippen LogP contribution in [0.1, 0.15) is 80.8 Å². The van der Waals surface area contributed by atoms with Crippen LogP contribution in [0.15, 0.2) is 24.3 Å². The number of carbonyl (C=O) groups excluding carboxylic acids is 5. The Balaban J connectivity index is 1.11. The molecule has 13 nitrogen and oxygen atoms in total. The summed E-state index contributed by atoms with van der Waals surface area (Å²) in [6.07, 6.45) is 7.48. The van der Waals surface area contributed by atoms with E-state index >= 15 is 0 Å². The number of pyridine rings is 1. The van der Waals surface area contributed by atoms with E-state index in [1.54, 1.807) is 14.7 Å². The Hall–Kier alpha value is -4.42. The Bertz CT molecular complexity index is 1570. The van der Waals surface area contributed by atoms with E-state index in [-0.39, 0.29) is 48.1 Å². The van der Waals surface area contributed by atoms with Gasteiger partial charge in [0.25, 0.3) is 11.8 Å². The lowest BCUT2D eigenvalue weighted by molar-refractivity contribution is -0.140. The third-order valence-corrected chi connectivity index (χ3v) is 10.1. The second kappa shape index (κ2) is 15.4. The zero-order chi connectivity index (χ0) is 34.5. The molecule has 4 aliphatic rings. The van der Waals surface area contributed by atoms with E-state index in [0.717, 1.165) is 56.9 Å². The van der Waals surface area contributed by atoms with Crippen LogP contribution in [-0.2, 0) is 19.1 Å². The maximum atomic E-state index is 13.7. The number of piperazine rings is 1. The van der Waals surface area contributed by atoms with Gasteiger partial charge in [-0.05, 0) is 81.9 Å². The van der Waals surface area contributed by atoms with Crippen molar-refractivity contribution in [3.05, 3.63) is 35.5 Å². The molecule has 13 heteroatoms. The van der Waals surface area contributed by atoms with Crippen molar-refractivity contribution in [1.82, 2.24) is 30.3 Å². The van der Waals surface area contributed by atoms with E-state index in [4.69, 9.17) is 9.47 Å². The second-order valence-electron chi connectivity index (χ2n) is 13.8. The summed E-state index contributed by atoms with van der Waals surface area (Å²) in [4.78, 5) is 75.5. The van der Waals surface area contributed by atoms with Gasteiger partial charge in [-0.2, -0.15) is 0 Å². The number of rotatable bonds is 12. The first-order chi connectivity index (χ1) is 23.7. The van der Waals surface area contributed by atoms with E-state index in [1.165, 1.54) is 6.07 Å². The predicted molar refractivity (Wildman–Crippen MR) is 181 cm³/mol. The first-order valence-corrected chi connectivity index (χ1v) is 17.9. The summed E-state index contributed by atoms with van der Waals surface area (Å²) in [5.41, 5.74) is 1.55. The standard InChI is InChI=1S/C36H48N6O7/c1-3-4-19-48-36(47)41-17-15-40(16-18-41)35(46)32(24-11-12-24)39-33(44)28-21-30(26-13-10-23(2)20-27(26)38-28)49-22-31(43)42-14-6-9-29(42)34(45)37-25-7-5-8-25/h10,13,20-21,24-25,29,32H,3-9,11-12,14-19,22H2,1-2H3,(H,37,45)(H,39,44). The fourth-order valence-electron chi connectivity index (χ4n) is 6.68. The van der Waals surface area contributed by atoms with Gasteiger partial charge in [0.2, 0.25) is 11.8 Å². The number of aryl methyl sites for hydroxylation is 1. The molecule has 4 fully saturated rings. The van der Waals surface area contributed by atoms with Crippen molar-refractivity contribution >= 4 is 40.6 Å². The molecule has 2 N–H and O–H groups in total. The van der Waals surface area contributed by atoms with Gasteiger partial charge in [0.15, 0.2) is 6.61 Å². The first kappa shape index (κ1) is 34.4. The van der Waals surface area contributed by atoms with Crippen LogP contribution in [0.5, 0.6) is 5.75 Å². The number of carbonyl (C=O) groups is 5. The molecule has 2 aliphatic heterocycles. The van der Waals surface area contributed by atoms with Crippen LogP contribution in [0, 0.1) is 12.8 Å². The maximum absolute atomic E-state index is 13.7. The van der Waals surface area contributed by atoms with E-state index in [1.807, 2.05) is 32.0 Å². The molecule has 3 heterocycles. The Labute approximate surface area is 287 Å². The summed E-state index contributed by atoms with van der Waals surface area (Å²) in [7, 11) is 0. The fraction of sp³-hybridized carbons (Fsp3) is 0.611. The molecule has 0 radical (unpaired) electrons. The minimum absolute atomic E-state index is 0.0273. The molecule has 5 amide bonds. The van der Waals surface area contributed by atoms with Gasteiger partial charge in [-0.3, -0.25) is 19.2 Å². The Morgan fingerprint density at radius 1 is 0.939 bits per heavy atom. The second-order valence-corrected chi connectivity index (χ2v) is 13.8. The Kier molecular flexibility index (Phi) is 10.8. The normalized spacial score (nSPS) is 20.0. The lowest BCUT2D eigenvalue weighted by Crippen LogP contribution is -2.56. The highest BCUT2D eigenvalue weighted by atomic mass is 16.6. The molecule has 1 aromatic carbocycles. The number of aromatic nitrogens is 1. The number of fused-ring (bicyclic) bond motifs is 1. The molecule has 49 heavy (non-hydrogen) atoms. The molecule has 0 bridgehead atoms. The molecule has 2 unspecified atom stereocenters. The molecule has 2 saturated carbocycles. The SMILES string of the molecule is CCCCOC(=O)N1CCN(C(=O)C(NC(=O)c2cc(OCC(=O)N3CCCC3C(=O)NC3CCC3)c3ccc(C)cc3n2)C2CC2)CC1. The van der Waals surface area contributed by atoms with Crippen LogP contribution in [0.25, 0.3) is 10.9 Å². The molecule has 1 aromatic heterocycles. The summed E-state index contributed by atoms with van der Waals surface area (Å²) < 4.78 is 11.4. The van der Waals surface area contributed by atoms with Gasteiger partial charge < -0.3 is 34.8 Å². The summed E-state index contributed by atoms with van der Waals surface area (Å²) in [6, 6.07) is 6.10. The largest absolute Gasteiger partial charge is 0.483 e. The molecule has 0 spiro atoms. The monoisotopic (exact) mass is 676 g/mol. The molecular weight excluding hydrogens is 628 g/mol. The lowest BCUT2D eigenvalue weighted by atomic mass is 9.93. The van der Waals surface area contributed by atoms with Crippen molar-refractivity contribution in [2.24, 2.45) is 5.92 Å². The van der Waals surface area contributed by atoms with Crippen LogP contribution in [0.3, 0.4) is 0 Å². The van der Waals surface area contributed by atoms with Crippen LogP contribution in [0.4, 0.5) is 4.79 Å². The number of hydrogen-bond donors (Lipinski definition) is 2. The zero-order valence-corrected chi connectivity index (χ0v) is 28.6. The minimum atomic E-state index is -0.713. The fourth-order valence-corrected chi connectivity index (χ4v) is 6.68. The summed E-state index contributed by atoms with van der Waals surface area (Å²) in [5.74, 6) is -0.715. The van der Waals surface area contributed by atoms with Crippen molar-refractivity contribution in [2.45, 2.75) is 89.8 Å². The van der Waals surface area contributed by atoms with Gasteiger partial charge in [-0.25, -0.2) is 9.78 Å². The molecule has 6 rings (SSSR count). The molecular formula is C36H48N6O7. The van der Waals surface area contributed by atoms with Gasteiger partial charge >= 0.3 is 6.09 Å². The van der Waals surface area contributed by atoms with Crippen LogP contribution in [-0.4, -0.2) is 113 Å². The predicted octanol–water partition coefficient (Wildman–Crippen LogP) is 3.17. The van der Waals surface area contributed by atoms with E-state index in [0.29, 0.717) is 62.4 Å². The first-order valence-electron chi connectivity index (χ1n) is 17.9. The number of nitrogens with zero attached hydrogens (tertiary/aromatic N) is 4. The topological polar surface area (TPSA) is 150 Å². The van der Waals surface area contributed by atoms with Crippen molar-refractivity contribution in [3.8, 4) is 5.75 Å². The third kappa shape index (κ3) is 8.25. The van der Waals surface area contributed by atoms with Gasteiger partial charge in [0.05, 0.1) is 12.1 Å². The summed E-state index contributed by atoms with van der Waals surface area (Å²) in [5, 5.41) is 6.66. The number of ether oxygens (including phenoxy) is 2. The highest BCUT2D eigenvalue weighted by molar-refractivity contribution is 6.00. The number of amides is 5. The Morgan fingerprint density at radius 2 is 1.69 bits per heavy atom. The van der Waals surface area contributed by atoms with Crippen molar-refractivity contribution < 1.29 is 33.4 Å². The number of hydrogen-bond acceptors (Lipinski definition) is 8. The van der Waals surface area contributed by atoms with Gasteiger partial charge in [0.1, 0.15) is 23.5 Å². The Morgan fingerprint density at radius 3 is 2.39 bits per heavy atom. The molecule has 2 atom stereocenters. The molecule has 2 aromatic rings. The van der Waals surface area contributed by atoms with Crippen LogP contribution >= 0.6 is 0 Å². The van der Waals surface area contributed by atoms with E-state index < -0.39 is 18.0 Å². The lowest BCUT2D eigenvalue weighted by Gasteiger charge is -2.36. The molecule has 2 aliphatic carbocycles. The van der Waals surface area contributed by atoms with Crippen molar-refractivity contribution in [3.63, 3.8) is 0 Å². The van der Waals surface area contributed by atoms with E-state index in [9.17, 15) is 24.0 Å². The highest BCUT2D eigenvalue weighted by Crippen LogP contribution is 2.34. The van der Waals surface area contributed by atoms with Crippen LogP contribution in [0.2, 0.25) is 0 Å². The minimum Gasteiger partial charge on any atom is -0.483 e. The third-order valence-electron chi connectivity index (χ3n) is 10.1. The smallest absolute Gasteiger partial charge is 0.409 e. The quantitative estimate of drug-likeness (QED) is 0.326. The molecule has 2 saturated heterocycles. The van der Waals surface area contributed by atoms with Crippen molar-refractivity contribution in [1.29, 1.82) is 0 Å². The van der Waals surface area contributed by atoms with Gasteiger partial charge in [0, 0.05) is 50.2 Å². The summed E-state index contributed by atoms with van der Waals surface area (Å²) in [6.45, 7) is 6.00. The average molecular weight is 677 g/mol. The number of benzene rings is 1. The zero-order valence-electron chi connectivity index (χ0n) is 28.6. The van der Waals surface area contributed by atoms with E-state index in [2.05, 4.69) is 15.6 Å². The number of likely N-dealkylation sites (tertiary alicyclic amines) is 1. The molecule has 264 valence electrons.